The van der Waals surface area contributed by atoms with E-state index in [4.69, 9.17) is 5.84 Å². The summed E-state index contributed by atoms with van der Waals surface area (Å²) in [5.41, 5.74) is 2.44. The fourth-order valence-corrected chi connectivity index (χ4v) is 3.66. The molecule has 2 atom stereocenters. The van der Waals surface area contributed by atoms with Gasteiger partial charge in [-0.3, -0.25) is 4.79 Å². The molecule has 8 heteroatoms. The number of benzene rings is 2. The van der Waals surface area contributed by atoms with Gasteiger partial charge in [-0.2, -0.15) is 0 Å². The van der Waals surface area contributed by atoms with Crippen molar-refractivity contribution in [3.05, 3.63) is 59.9 Å². The van der Waals surface area contributed by atoms with E-state index in [9.17, 15) is 9.18 Å². The van der Waals surface area contributed by atoms with Gasteiger partial charge in [-0.15, -0.1) is 10.2 Å². The number of rotatable bonds is 7. The summed E-state index contributed by atoms with van der Waals surface area (Å²) in [6, 6.07) is 13.8. The number of nitrogen functional groups attached to an aromatic ring is 1. The van der Waals surface area contributed by atoms with E-state index in [1.165, 1.54) is 28.6 Å². The average molecular weight is 414 g/mol. The van der Waals surface area contributed by atoms with Gasteiger partial charge in [0, 0.05) is 11.3 Å². The second-order valence-electron chi connectivity index (χ2n) is 6.83. The van der Waals surface area contributed by atoms with Crippen molar-refractivity contribution >= 4 is 23.4 Å². The third-order valence-electron chi connectivity index (χ3n) is 4.76. The third kappa shape index (κ3) is 4.76. The highest BCUT2D eigenvalue weighted by Crippen LogP contribution is 2.29. The summed E-state index contributed by atoms with van der Waals surface area (Å²) >= 11 is 1.20. The van der Waals surface area contributed by atoms with Crippen molar-refractivity contribution in [1.29, 1.82) is 0 Å². The van der Waals surface area contributed by atoms with Crippen molar-refractivity contribution < 1.29 is 9.18 Å². The van der Waals surface area contributed by atoms with Crippen molar-refractivity contribution in [2.24, 2.45) is 0 Å². The van der Waals surface area contributed by atoms with Gasteiger partial charge >= 0.3 is 0 Å². The van der Waals surface area contributed by atoms with Crippen molar-refractivity contribution in [2.45, 2.75) is 43.5 Å². The second-order valence-corrected chi connectivity index (χ2v) is 8.14. The SMILES string of the molecule is CCC(C)c1ccccc1NC(=O)C(C)Sc1nnc(-c2cccc(F)c2)n1N. The quantitative estimate of drug-likeness (QED) is 0.442. The van der Waals surface area contributed by atoms with Gasteiger partial charge in [0.1, 0.15) is 5.82 Å². The number of amides is 1. The van der Waals surface area contributed by atoms with E-state index < -0.39 is 5.25 Å². The molecule has 6 nitrogen and oxygen atoms in total. The lowest BCUT2D eigenvalue weighted by atomic mass is 9.97. The van der Waals surface area contributed by atoms with E-state index in [0.29, 0.717) is 22.5 Å². The van der Waals surface area contributed by atoms with Gasteiger partial charge in [-0.25, -0.2) is 9.07 Å². The Morgan fingerprint density at radius 1 is 1.21 bits per heavy atom. The molecule has 0 spiro atoms. The Morgan fingerprint density at radius 3 is 2.69 bits per heavy atom. The molecule has 2 aromatic carbocycles. The van der Waals surface area contributed by atoms with Crippen LogP contribution in [0.25, 0.3) is 11.4 Å². The van der Waals surface area contributed by atoms with Crippen LogP contribution in [-0.2, 0) is 4.79 Å². The minimum Gasteiger partial charge on any atom is -0.335 e. The lowest BCUT2D eigenvalue weighted by Crippen LogP contribution is -2.24. The Balaban J connectivity index is 1.73. The number of para-hydroxylation sites is 1. The van der Waals surface area contributed by atoms with E-state index in [0.717, 1.165) is 17.7 Å². The number of nitrogens with zero attached hydrogens (tertiary/aromatic N) is 3. The lowest BCUT2D eigenvalue weighted by Gasteiger charge is -2.17. The molecule has 3 aromatic rings. The number of anilines is 1. The van der Waals surface area contributed by atoms with Gasteiger partial charge in [0.25, 0.3) is 0 Å². The summed E-state index contributed by atoms with van der Waals surface area (Å²) in [5.74, 6) is 6.23. The first-order valence-electron chi connectivity index (χ1n) is 9.43. The van der Waals surface area contributed by atoms with Crippen LogP contribution in [0.3, 0.4) is 0 Å². The average Bonchev–Trinajstić information content (AvgIpc) is 3.08. The Labute approximate surface area is 173 Å². The Hall–Kier alpha value is -2.87. The maximum absolute atomic E-state index is 13.5. The number of aromatic nitrogens is 3. The molecule has 1 amide bonds. The van der Waals surface area contributed by atoms with Crippen molar-refractivity contribution in [3.8, 4) is 11.4 Å². The molecule has 0 radical (unpaired) electrons. The molecule has 0 aliphatic carbocycles. The molecule has 0 saturated heterocycles. The van der Waals surface area contributed by atoms with Crippen LogP contribution in [0.4, 0.5) is 10.1 Å². The highest BCUT2D eigenvalue weighted by atomic mass is 32.2. The van der Waals surface area contributed by atoms with Crippen LogP contribution in [0.1, 0.15) is 38.7 Å². The predicted molar refractivity (Wildman–Crippen MR) is 115 cm³/mol. The molecule has 0 bridgehead atoms. The van der Waals surface area contributed by atoms with Crippen LogP contribution in [0.5, 0.6) is 0 Å². The zero-order chi connectivity index (χ0) is 21.0. The molecule has 2 unspecified atom stereocenters. The Kier molecular flexibility index (Phi) is 6.53. The zero-order valence-electron chi connectivity index (χ0n) is 16.6. The number of nitrogens with one attached hydrogen (secondary N) is 1. The molecule has 0 aliphatic rings. The first kappa shape index (κ1) is 20.9. The molecule has 152 valence electrons. The van der Waals surface area contributed by atoms with Gasteiger partial charge in [-0.05, 0) is 43.0 Å². The van der Waals surface area contributed by atoms with Crippen LogP contribution >= 0.6 is 11.8 Å². The molecule has 3 rings (SSSR count). The standard InChI is InChI=1S/C21H24FN5OS/c1-4-13(2)17-10-5-6-11-18(17)24-20(28)14(3)29-21-26-25-19(27(21)23)15-8-7-9-16(22)12-15/h5-14H,4,23H2,1-3H3,(H,24,28). The molecule has 29 heavy (non-hydrogen) atoms. The first-order chi connectivity index (χ1) is 13.9. The Bertz CT molecular complexity index is 1010. The largest absolute Gasteiger partial charge is 0.335 e. The number of carbonyl (C=O) groups excluding carboxylic acids is 1. The van der Waals surface area contributed by atoms with Crippen molar-refractivity contribution in [2.75, 3.05) is 11.2 Å². The second kappa shape index (κ2) is 9.09. The molecule has 0 fully saturated rings. The van der Waals surface area contributed by atoms with E-state index in [2.05, 4.69) is 29.4 Å². The van der Waals surface area contributed by atoms with Crippen LogP contribution in [-0.4, -0.2) is 26.0 Å². The third-order valence-corrected chi connectivity index (χ3v) is 5.82. The molecule has 1 heterocycles. The maximum atomic E-state index is 13.5. The van der Waals surface area contributed by atoms with Gasteiger partial charge in [0.05, 0.1) is 5.25 Å². The number of thioether (sulfide) groups is 1. The maximum Gasteiger partial charge on any atom is 0.237 e. The predicted octanol–water partition coefficient (Wildman–Crippen LogP) is 4.43. The molecule has 0 aliphatic heterocycles. The van der Waals surface area contributed by atoms with Crippen LogP contribution in [0.2, 0.25) is 0 Å². The summed E-state index contributed by atoms with van der Waals surface area (Å²) in [6.07, 6.45) is 0.982. The summed E-state index contributed by atoms with van der Waals surface area (Å²) in [6.45, 7) is 6.03. The molecular formula is C21H24FN5OS. The van der Waals surface area contributed by atoms with Crippen molar-refractivity contribution in [1.82, 2.24) is 14.9 Å². The van der Waals surface area contributed by atoms with Crippen LogP contribution < -0.4 is 11.2 Å². The van der Waals surface area contributed by atoms with Crippen LogP contribution in [0, 0.1) is 5.82 Å². The minimum atomic E-state index is -0.452. The van der Waals surface area contributed by atoms with E-state index in [1.807, 2.05) is 24.3 Å². The first-order valence-corrected chi connectivity index (χ1v) is 10.3. The fourth-order valence-electron chi connectivity index (χ4n) is 2.89. The number of hydrogen-bond donors (Lipinski definition) is 2. The lowest BCUT2D eigenvalue weighted by molar-refractivity contribution is -0.115. The highest BCUT2D eigenvalue weighted by molar-refractivity contribution is 8.00. The number of carbonyl (C=O) groups is 1. The van der Waals surface area contributed by atoms with Crippen LogP contribution in [0.15, 0.2) is 53.7 Å². The molecule has 0 saturated carbocycles. The zero-order valence-corrected chi connectivity index (χ0v) is 17.4. The summed E-state index contributed by atoms with van der Waals surface area (Å²) in [4.78, 5) is 12.7. The number of halogens is 1. The molecule has 3 N–H and O–H groups in total. The number of hydrogen-bond acceptors (Lipinski definition) is 5. The monoisotopic (exact) mass is 413 g/mol. The van der Waals surface area contributed by atoms with Crippen molar-refractivity contribution in [3.63, 3.8) is 0 Å². The Morgan fingerprint density at radius 2 is 1.97 bits per heavy atom. The summed E-state index contributed by atoms with van der Waals surface area (Å²) in [5, 5.41) is 11.0. The smallest absolute Gasteiger partial charge is 0.237 e. The van der Waals surface area contributed by atoms with E-state index in [-0.39, 0.29) is 11.7 Å². The van der Waals surface area contributed by atoms with Gasteiger partial charge in [0.15, 0.2) is 5.82 Å². The van der Waals surface area contributed by atoms with E-state index in [1.54, 1.807) is 19.1 Å². The highest BCUT2D eigenvalue weighted by Gasteiger charge is 2.21. The summed E-state index contributed by atoms with van der Waals surface area (Å²) < 4.78 is 14.7. The van der Waals surface area contributed by atoms with Gasteiger partial charge in [-0.1, -0.05) is 55.9 Å². The van der Waals surface area contributed by atoms with E-state index >= 15 is 0 Å². The van der Waals surface area contributed by atoms with Gasteiger partial charge in [0.2, 0.25) is 11.1 Å². The normalized spacial score (nSPS) is 13.1. The number of nitrogens with two attached hydrogens (primary N) is 1. The molecular weight excluding hydrogens is 389 g/mol. The summed E-state index contributed by atoms with van der Waals surface area (Å²) in [7, 11) is 0. The fraction of sp³-hybridized carbons (Fsp3) is 0.286. The minimum absolute atomic E-state index is 0.152. The molecule has 1 aromatic heterocycles. The van der Waals surface area contributed by atoms with Gasteiger partial charge < -0.3 is 11.2 Å². The topological polar surface area (TPSA) is 85.8 Å².